The van der Waals surface area contributed by atoms with Gasteiger partial charge in [-0.1, -0.05) is 33.8 Å². The van der Waals surface area contributed by atoms with Crippen LogP contribution in [0.15, 0.2) is 48.9 Å². The standard InChI is InChI=1S/C22H26N10O3S/c1-35-21(33)15-31-14-19(26-28-31)20(8-9-36-2)32-13-18(25-29-32)12-30-11-17(24-27-30)10-23-22(34)16-6-4-3-5-7-16/h3-7,11,13-14,20H,8-10,12,15H2,1-2H3,(H,23,34). The van der Waals surface area contributed by atoms with Gasteiger partial charge in [0.15, 0.2) is 0 Å². The van der Waals surface area contributed by atoms with Gasteiger partial charge in [0.1, 0.15) is 23.6 Å². The zero-order chi connectivity index (χ0) is 25.3. The van der Waals surface area contributed by atoms with Crippen LogP contribution in [0.1, 0.15) is 39.9 Å². The molecule has 0 saturated heterocycles. The lowest BCUT2D eigenvalue weighted by Gasteiger charge is -2.13. The molecule has 13 nitrogen and oxygen atoms in total. The number of carbonyl (C=O) groups is 2. The summed E-state index contributed by atoms with van der Waals surface area (Å²) in [6.45, 7) is 0.615. The van der Waals surface area contributed by atoms with Gasteiger partial charge in [-0.15, -0.1) is 15.3 Å². The summed E-state index contributed by atoms with van der Waals surface area (Å²) < 4.78 is 9.52. The van der Waals surface area contributed by atoms with Crippen LogP contribution < -0.4 is 5.32 Å². The van der Waals surface area contributed by atoms with Gasteiger partial charge in [0.05, 0.1) is 44.8 Å². The number of hydrogen-bond donors (Lipinski definition) is 1. The number of nitrogens with one attached hydrogen (secondary N) is 1. The Bertz CT molecular complexity index is 1290. The molecule has 3 heterocycles. The lowest BCUT2D eigenvalue weighted by molar-refractivity contribution is -0.141. The van der Waals surface area contributed by atoms with E-state index in [0.29, 0.717) is 29.2 Å². The maximum absolute atomic E-state index is 12.2. The second-order valence-corrected chi connectivity index (χ2v) is 8.85. The van der Waals surface area contributed by atoms with Crippen LogP contribution in [0, 0.1) is 0 Å². The zero-order valence-electron chi connectivity index (χ0n) is 19.9. The fraction of sp³-hybridized carbons (Fsp3) is 0.364. The molecule has 3 aromatic heterocycles. The molecule has 0 radical (unpaired) electrons. The van der Waals surface area contributed by atoms with Gasteiger partial charge in [-0.25, -0.2) is 14.0 Å². The molecular weight excluding hydrogens is 484 g/mol. The van der Waals surface area contributed by atoms with Crippen LogP contribution >= 0.6 is 11.8 Å². The predicted octanol–water partition coefficient (Wildman–Crippen LogP) is 0.955. The summed E-state index contributed by atoms with van der Waals surface area (Å²) in [6, 6.07) is 8.80. The Hall–Kier alpha value is -4.07. The van der Waals surface area contributed by atoms with Gasteiger partial charge in [0, 0.05) is 5.56 Å². The molecule has 14 heteroatoms. The predicted molar refractivity (Wildman–Crippen MR) is 130 cm³/mol. The first-order valence-corrected chi connectivity index (χ1v) is 12.5. The van der Waals surface area contributed by atoms with Crippen molar-refractivity contribution in [3.8, 4) is 0 Å². The fourth-order valence-corrected chi connectivity index (χ4v) is 3.91. The van der Waals surface area contributed by atoms with Gasteiger partial charge in [-0.2, -0.15) is 11.8 Å². The molecule has 0 bridgehead atoms. The molecule has 1 aromatic carbocycles. The average Bonchev–Trinajstić information content (AvgIpc) is 3.66. The number of hydrogen-bond acceptors (Lipinski definition) is 10. The SMILES string of the molecule is COC(=O)Cn1cc(C(CCSC)n2cc(Cn3cc(CNC(=O)c4ccccc4)nn3)nn2)nn1. The fourth-order valence-electron chi connectivity index (χ4n) is 3.45. The van der Waals surface area contributed by atoms with Crippen LogP contribution in [-0.2, 0) is 29.2 Å². The molecule has 1 N–H and O–H groups in total. The van der Waals surface area contributed by atoms with Crippen molar-refractivity contribution >= 4 is 23.6 Å². The number of amides is 1. The van der Waals surface area contributed by atoms with Gasteiger partial charge >= 0.3 is 5.97 Å². The Morgan fingerprint density at radius 2 is 1.78 bits per heavy atom. The van der Waals surface area contributed by atoms with Gasteiger partial charge in [0.2, 0.25) is 0 Å². The van der Waals surface area contributed by atoms with Crippen LogP contribution in [0.2, 0.25) is 0 Å². The topological polar surface area (TPSA) is 148 Å². The van der Waals surface area contributed by atoms with Crippen LogP contribution in [0.5, 0.6) is 0 Å². The number of aromatic nitrogens is 9. The van der Waals surface area contributed by atoms with E-state index in [4.69, 9.17) is 0 Å². The molecule has 0 aliphatic carbocycles. The number of nitrogens with zero attached hydrogens (tertiary/aromatic N) is 9. The van der Waals surface area contributed by atoms with Crippen molar-refractivity contribution in [3.05, 3.63) is 71.6 Å². The number of carbonyl (C=O) groups excluding carboxylic acids is 2. The van der Waals surface area contributed by atoms with Crippen molar-refractivity contribution < 1.29 is 14.3 Å². The van der Waals surface area contributed by atoms with Crippen LogP contribution in [0.25, 0.3) is 0 Å². The molecule has 1 amide bonds. The van der Waals surface area contributed by atoms with Crippen molar-refractivity contribution in [2.24, 2.45) is 0 Å². The Morgan fingerprint density at radius 3 is 2.56 bits per heavy atom. The first-order valence-electron chi connectivity index (χ1n) is 11.1. The van der Waals surface area contributed by atoms with E-state index in [2.05, 4.69) is 41.0 Å². The maximum Gasteiger partial charge on any atom is 0.327 e. The zero-order valence-corrected chi connectivity index (χ0v) is 20.7. The van der Waals surface area contributed by atoms with E-state index in [1.54, 1.807) is 45.7 Å². The number of methoxy groups -OCH3 is 1. The largest absolute Gasteiger partial charge is 0.468 e. The number of ether oxygens (including phenoxy) is 1. The van der Waals surface area contributed by atoms with E-state index in [0.717, 1.165) is 12.2 Å². The molecular formula is C22H26N10O3S. The number of benzene rings is 1. The molecule has 0 spiro atoms. The molecule has 4 aromatic rings. The summed E-state index contributed by atoms with van der Waals surface area (Å²) in [4.78, 5) is 23.8. The molecule has 0 saturated carbocycles. The highest BCUT2D eigenvalue weighted by atomic mass is 32.2. The monoisotopic (exact) mass is 510 g/mol. The van der Waals surface area contributed by atoms with Crippen molar-refractivity contribution in [1.82, 2.24) is 50.3 Å². The average molecular weight is 511 g/mol. The number of thioether (sulfide) groups is 1. The molecule has 4 rings (SSSR count). The maximum atomic E-state index is 12.2. The molecule has 36 heavy (non-hydrogen) atoms. The van der Waals surface area contributed by atoms with Crippen molar-refractivity contribution in [2.75, 3.05) is 19.1 Å². The van der Waals surface area contributed by atoms with Gasteiger partial charge in [-0.3, -0.25) is 9.59 Å². The lowest BCUT2D eigenvalue weighted by atomic mass is 10.2. The highest BCUT2D eigenvalue weighted by Crippen LogP contribution is 2.21. The highest BCUT2D eigenvalue weighted by molar-refractivity contribution is 7.98. The Labute approximate surface area is 211 Å². The van der Waals surface area contributed by atoms with E-state index in [1.165, 1.54) is 11.8 Å². The third-order valence-electron chi connectivity index (χ3n) is 5.27. The normalized spacial score (nSPS) is 11.8. The summed E-state index contributed by atoms with van der Waals surface area (Å²) in [5, 5.41) is 27.9. The molecule has 0 aliphatic heterocycles. The van der Waals surface area contributed by atoms with E-state index < -0.39 is 5.97 Å². The third kappa shape index (κ3) is 6.53. The Balaban J connectivity index is 1.39. The van der Waals surface area contributed by atoms with Crippen molar-refractivity contribution in [1.29, 1.82) is 0 Å². The first kappa shape index (κ1) is 25.0. The second-order valence-electron chi connectivity index (χ2n) is 7.86. The Morgan fingerprint density at radius 1 is 1.00 bits per heavy atom. The van der Waals surface area contributed by atoms with E-state index in [9.17, 15) is 9.59 Å². The molecule has 1 atom stereocenters. The summed E-state index contributed by atoms with van der Waals surface area (Å²) in [7, 11) is 1.33. The number of rotatable bonds is 12. The van der Waals surface area contributed by atoms with Crippen LogP contribution in [0.4, 0.5) is 0 Å². The smallest absolute Gasteiger partial charge is 0.327 e. The Kier molecular flexibility index (Phi) is 8.39. The minimum absolute atomic E-state index is 0.0121. The summed E-state index contributed by atoms with van der Waals surface area (Å²) >= 11 is 1.71. The molecule has 1 unspecified atom stereocenters. The molecule has 0 aliphatic rings. The second kappa shape index (κ2) is 12.1. The summed E-state index contributed by atoms with van der Waals surface area (Å²) in [5.41, 5.74) is 2.59. The molecule has 188 valence electrons. The number of esters is 1. The van der Waals surface area contributed by atoms with Crippen molar-refractivity contribution in [2.45, 2.75) is 32.1 Å². The summed E-state index contributed by atoms with van der Waals surface area (Å²) in [6.07, 6.45) is 8.10. The van der Waals surface area contributed by atoms with Crippen LogP contribution in [-0.4, -0.2) is 76.0 Å². The minimum Gasteiger partial charge on any atom is -0.468 e. The first-order chi connectivity index (χ1) is 17.6. The van der Waals surface area contributed by atoms with E-state index >= 15 is 0 Å². The molecule has 0 fully saturated rings. The highest BCUT2D eigenvalue weighted by Gasteiger charge is 2.20. The van der Waals surface area contributed by atoms with Gasteiger partial charge < -0.3 is 10.1 Å². The van der Waals surface area contributed by atoms with E-state index in [1.807, 2.05) is 30.7 Å². The quantitative estimate of drug-likeness (QED) is 0.273. The van der Waals surface area contributed by atoms with Gasteiger partial charge in [0.25, 0.3) is 5.91 Å². The summed E-state index contributed by atoms with van der Waals surface area (Å²) in [5.74, 6) is 0.306. The van der Waals surface area contributed by atoms with Gasteiger partial charge in [-0.05, 0) is 30.6 Å². The van der Waals surface area contributed by atoms with E-state index in [-0.39, 0.29) is 25.0 Å². The minimum atomic E-state index is -0.401. The van der Waals surface area contributed by atoms with Crippen molar-refractivity contribution in [3.63, 3.8) is 0 Å². The lowest BCUT2D eigenvalue weighted by Crippen LogP contribution is -2.22. The third-order valence-corrected chi connectivity index (χ3v) is 5.91. The van der Waals surface area contributed by atoms with Crippen LogP contribution in [0.3, 0.4) is 0 Å².